The van der Waals surface area contributed by atoms with Crippen molar-refractivity contribution in [2.45, 2.75) is 24.7 Å². The Kier molecular flexibility index (Phi) is 7.73. The fraction of sp³-hybridized carbons (Fsp3) is 0.0690. The fourth-order valence-electron chi connectivity index (χ4n) is 10.8. The summed E-state index contributed by atoms with van der Waals surface area (Å²) in [6.07, 6.45) is 0. The molecule has 1 nitrogen and oxygen atoms in total. The summed E-state index contributed by atoms with van der Waals surface area (Å²) in [5, 5.41) is 2.60. The highest BCUT2D eigenvalue weighted by Gasteiger charge is 2.46. The zero-order valence-corrected chi connectivity index (χ0v) is 34.4. The molecule has 0 unspecified atom stereocenters. The first-order valence-electron chi connectivity index (χ1n) is 20.9. The van der Waals surface area contributed by atoms with Crippen LogP contribution in [0.25, 0.3) is 53.6 Å². The van der Waals surface area contributed by atoms with Gasteiger partial charge >= 0.3 is 0 Å². The number of benzene rings is 9. The number of rotatable bonds is 6. The van der Waals surface area contributed by atoms with Gasteiger partial charge in [0.2, 0.25) is 0 Å². The number of nitrogens with zero attached hydrogens (tertiary/aromatic N) is 1. The molecule has 0 amide bonds. The molecule has 1 aromatic heterocycles. The summed E-state index contributed by atoms with van der Waals surface area (Å²) in [4.78, 5) is 2.53. The molecule has 284 valence electrons. The fourth-order valence-corrected chi connectivity index (χ4v) is 12.0. The van der Waals surface area contributed by atoms with Crippen LogP contribution >= 0.6 is 11.3 Å². The van der Waals surface area contributed by atoms with Crippen LogP contribution in [0.15, 0.2) is 212 Å². The molecular weight excluding hydrogens is 743 g/mol. The van der Waals surface area contributed by atoms with Gasteiger partial charge in [-0.25, -0.2) is 0 Å². The second kappa shape index (κ2) is 13.3. The van der Waals surface area contributed by atoms with Crippen molar-refractivity contribution in [3.8, 4) is 33.4 Å². The molecule has 2 aliphatic carbocycles. The third-order valence-corrected chi connectivity index (χ3v) is 14.5. The minimum Gasteiger partial charge on any atom is -0.310 e. The Morgan fingerprint density at radius 1 is 0.367 bits per heavy atom. The van der Waals surface area contributed by atoms with Gasteiger partial charge in [0.1, 0.15) is 0 Å². The van der Waals surface area contributed by atoms with Gasteiger partial charge in [-0.3, -0.25) is 0 Å². The lowest BCUT2D eigenvalue weighted by molar-refractivity contribution is 0.662. The summed E-state index contributed by atoms with van der Waals surface area (Å²) < 4.78 is 2.59. The molecule has 0 radical (unpaired) electrons. The number of thiophene rings is 1. The number of hydrogen-bond acceptors (Lipinski definition) is 2. The van der Waals surface area contributed by atoms with E-state index < -0.39 is 5.41 Å². The Morgan fingerprint density at radius 2 is 0.883 bits per heavy atom. The Morgan fingerprint density at radius 3 is 1.63 bits per heavy atom. The van der Waals surface area contributed by atoms with Gasteiger partial charge in [0, 0.05) is 42.5 Å². The zero-order chi connectivity index (χ0) is 40.0. The van der Waals surface area contributed by atoms with Crippen LogP contribution in [-0.4, -0.2) is 0 Å². The first-order valence-corrected chi connectivity index (χ1v) is 21.7. The molecule has 2 heteroatoms. The van der Waals surface area contributed by atoms with E-state index in [9.17, 15) is 0 Å². The van der Waals surface area contributed by atoms with Gasteiger partial charge in [-0.2, -0.15) is 0 Å². The Hall–Kier alpha value is -7.00. The van der Waals surface area contributed by atoms with Crippen molar-refractivity contribution in [1.82, 2.24) is 0 Å². The van der Waals surface area contributed by atoms with Crippen molar-refractivity contribution in [3.63, 3.8) is 0 Å². The van der Waals surface area contributed by atoms with Crippen LogP contribution < -0.4 is 4.90 Å². The first-order chi connectivity index (χ1) is 29.5. The van der Waals surface area contributed by atoms with Gasteiger partial charge in [-0.05, 0) is 97.6 Å². The highest BCUT2D eigenvalue weighted by Crippen LogP contribution is 2.58. The van der Waals surface area contributed by atoms with E-state index in [1.54, 1.807) is 0 Å². The van der Waals surface area contributed by atoms with Crippen molar-refractivity contribution >= 4 is 48.6 Å². The number of anilines is 3. The molecule has 60 heavy (non-hydrogen) atoms. The quantitative estimate of drug-likeness (QED) is 0.162. The van der Waals surface area contributed by atoms with E-state index in [0.29, 0.717) is 0 Å². The van der Waals surface area contributed by atoms with Gasteiger partial charge in [-0.1, -0.05) is 190 Å². The third kappa shape index (κ3) is 4.92. The molecule has 2 aliphatic rings. The normalized spacial score (nSPS) is 14.1. The zero-order valence-electron chi connectivity index (χ0n) is 33.6. The van der Waals surface area contributed by atoms with Crippen LogP contribution in [0.1, 0.15) is 47.2 Å². The lowest BCUT2D eigenvalue weighted by Crippen LogP contribution is -2.28. The molecule has 0 atom stereocenters. The summed E-state index contributed by atoms with van der Waals surface area (Å²) in [5.41, 5.74) is 18.3. The maximum atomic E-state index is 2.53. The van der Waals surface area contributed by atoms with Gasteiger partial charge in [-0.15, -0.1) is 11.3 Å². The predicted octanol–water partition coefficient (Wildman–Crippen LogP) is 15.9. The summed E-state index contributed by atoms with van der Waals surface area (Å²) in [5.74, 6) is 0. The van der Waals surface area contributed by atoms with Gasteiger partial charge in [0.25, 0.3) is 0 Å². The minimum atomic E-state index is -0.513. The van der Waals surface area contributed by atoms with Gasteiger partial charge in [0.15, 0.2) is 0 Å². The molecular formula is C58H41NS. The molecule has 0 spiro atoms. The predicted molar refractivity (Wildman–Crippen MR) is 254 cm³/mol. The number of fused-ring (bicyclic) bond motifs is 9. The van der Waals surface area contributed by atoms with Crippen molar-refractivity contribution < 1.29 is 0 Å². The minimum absolute atomic E-state index is 0.166. The van der Waals surface area contributed by atoms with Gasteiger partial charge in [0.05, 0.1) is 11.1 Å². The Labute approximate surface area is 355 Å². The van der Waals surface area contributed by atoms with E-state index in [-0.39, 0.29) is 5.41 Å². The Bertz CT molecular complexity index is 3260. The van der Waals surface area contributed by atoms with E-state index in [0.717, 1.165) is 17.1 Å². The summed E-state index contributed by atoms with van der Waals surface area (Å²) >= 11 is 1.87. The van der Waals surface area contributed by atoms with Crippen molar-refractivity contribution in [2.75, 3.05) is 4.90 Å². The Balaban J connectivity index is 1.14. The molecule has 10 aromatic rings. The highest BCUT2D eigenvalue weighted by atomic mass is 32.1. The molecule has 0 N–H and O–H groups in total. The largest absolute Gasteiger partial charge is 0.310 e. The van der Waals surface area contributed by atoms with Crippen molar-refractivity contribution in [2.24, 2.45) is 0 Å². The van der Waals surface area contributed by atoms with Crippen LogP contribution in [0.4, 0.5) is 17.1 Å². The average Bonchev–Trinajstić information content (AvgIpc) is 3.91. The molecule has 0 fully saturated rings. The van der Waals surface area contributed by atoms with E-state index in [4.69, 9.17) is 0 Å². The first kappa shape index (κ1) is 35.0. The monoisotopic (exact) mass is 783 g/mol. The molecule has 0 bridgehead atoms. The average molecular weight is 784 g/mol. The SMILES string of the molecule is CC1(C)c2ccccc2-c2cccc(-c3ccccc3N(c3ccc4c(c3)C(c3ccccc3)(c3ccccc3)c3ccccc3-4)c3ccc4c(c3)sc3ccccc34)c21. The summed E-state index contributed by atoms with van der Waals surface area (Å²) in [7, 11) is 0. The van der Waals surface area contributed by atoms with E-state index >= 15 is 0 Å². The summed E-state index contributed by atoms with van der Waals surface area (Å²) in [6.45, 7) is 4.78. The molecule has 1 heterocycles. The van der Waals surface area contributed by atoms with Crippen LogP contribution in [-0.2, 0) is 10.8 Å². The second-order valence-corrected chi connectivity index (χ2v) is 17.9. The smallest absolute Gasteiger partial charge is 0.0714 e. The van der Waals surface area contributed by atoms with Crippen molar-refractivity contribution in [1.29, 1.82) is 0 Å². The molecule has 0 saturated heterocycles. The van der Waals surface area contributed by atoms with Crippen molar-refractivity contribution in [3.05, 3.63) is 246 Å². The van der Waals surface area contributed by atoms with E-state index in [1.165, 1.54) is 86.9 Å². The standard InChI is InChI=1S/C58H41NS/c1-57(2)50-28-13-9-23-43(50)48-26-17-27-49(56(48)57)45-24-11-15-30-53(45)59(41-33-35-47-46-25-12-16-31-54(46)60-55(47)37-41)40-32-34-44-42-22-10-14-29-51(42)58(52(44)36-40,38-18-5-3-6-19-38)39-20-7-4-8-21-39/h3-37H,1-2H3. The molecule has 9 aromatic carbocycles. The molecule has 0 saturated carbocycles. The topological polar surface area (TPSA) is 3.24 Å². The number of para-hydroxylation sites is 1. The summed E-state index contributed by atoms with van der Waals surface area (Å²) in [6, 6.07) is 79.3. The molecule has 12 rings (SSSR count). The van der Waals surface area contributed by atoms with Gasteiger partial charge < -0.3 is 4.90 Å². The number of hydrogen-bond donors (Lipinski definition) is 0. The maximum absolute atomic E-state index is 2.53. The van der Waals surface area contributed by atoms with Crippen LogP contribution in [0.2, 0.25) is 0 Å². The van der Waals surface area contributed by atoms with E-state index in [1.807, 2.05) is 11.3 Å². The van der Waals surface area contributed by atoms with Crippen LogP contribution in [0.3, 0.4) is 0 Å². The molecule has 0 aliphatic heterocycles. The van der Waals surface area contributed by atoms with Crippen LogP contribution in [0, 0.1) is 0 Å². The van der Waals surface area contributed by atoms with E-state index in [2.05, 4.69) is 231 Å². The second-order valence-electron chi connectivity index (χ2n) is 16.8. The highest BCUT2D eigenvalue weighted by molar-refractivity contribution is 7.25. The lowest BCUT2D eigenvalue weighted by Gasteiger charge is -2.35. The van der Waals surface area contributed by atoms with Crippen LogP contribution in [0.5, 0.6) is 0 Å². The maximum Gasteiger partial charge on any atom is 0.0714 e. The third-order valence-electron chi connectivity index (χ3n) is 13.3. The lowest BCUT2D eigenvalue weighted by atomic mass is 9.67.